The maximum atomic E-state index is 5.41. The van der Waals surface area contributed by atoms with E-state index in [1.807, 2.05) is 25.1 Å². The van der Waals surface area contributed by atoms with E-state index in [2.05, 4.69) is 32.9 Å². The zero-order valence-electron chi connectivity index (χ0n) is 9.37. The highest BCUT2D eigenvalue weighted by molar-refractivity contribution is 5.32. The van der Waals surface area contributed by atoms with Gasteiger partial charge in [-0.3, -0.25) is 0 Å². The van der Waals surface area contributed by atoms with E-state index in [0.717, 1.165) is 5.75 Å². The maximum Gasteiger partial charge on any atom is 0.126 e. The third-order valence-corrected chi connectivity index (χ3v) is 2.04. The van der Waals surface area contributed by atoms with E-state index >= 15 is 0 Å². The highest BCUT2D eigenvalue weighted by atomic mass is 16.5. The van der Waals surface area contributed by atoms with Crippen molar-refractivity contribution >= 4 is 0 Å². The van der Waals surface area contributed by atoms with E-state index in [1.165, 1.54) is 5.56 Å². The van der Waals surface area contributed by atoms with Gasteiger partial charge < -0.3 is 4.74 Å². The van der Waals surface area contributed by atoms with Crippen LogP contribution >= 0.6 is 0 Å². The van der Waals surface area contributed by atoms with Crippen LogP contribution < -0.4 is 4.74 Å². The normalized spacial score (nSPS) is 12.0. The van der Waals surface area contributed by atoms with Gasteiger partial charge in [0.1, 0.15) is 5.75 Å². The van der Waals surface area contributed by atoms with E-state index in [0.29, 0.717) is 0 Å². The minimum Gasteiger partial charge on any atom is -0.465 e. The summed E-state index contributed by atoms with van der Waals surface area (Å²) < 4.78 is 5.41. The second-order valence-corrected chi connectivity index (χ2v) is 4.37. The summed E-state index contributed by atoms with van der Waals surface area (Å²) >= 11 is 0. The molecule has 1 aromatic rings. The van der Waals surface area contributed by atoms with Gasteiger partial charge in [-0.2, -0.15) is 0 Å². The first-order valence-electron chi connectivity index (χ1n) is 4.92. The average molecular weight is 190 g/mol. The van der Waals surface area contributed by atoms with Crippen LogP contribution in [0.2, 0.25) is 0 Å². The molecule has 0 radical (unpaired) electrons. The Morgan fingerprint density at radius 1 is 1.21 bits per heavy atom. The quantitative estimate of drug-likeness (QED) is 0.643. The maximum absolute atomic E-state index is 5.41. The first-order chi connectivity index (χ1) is 6.54. The molecular weight excluding hydrogens is 172 g/mol. The first kappa shape index (κ1) is 10.8. The van der Waals surface area contributed by atoms with Gasteiger partial charge in [0.05, 0.1) is 6.26 Å². The summed E-state index contributed by atoms with van der Waals surface area (Å²) in [6.45, 7) is 8.53. The molecule has 0 heterocycles. The fraction of sp³-hybridized carbons (Fsp3) is 0.385. The van der Waals surface area contributed by atoms with Crippen LogP contribution in [0.1, 0.15) is 33.3 Å². The molecule has 0 bridgehead atoms. The van der Waals surface area contributed by atoms with Crippen LogP contribution in [0.15, 0.2) is 36.6 Å². The number of hydrogen-bond donors (Lipinski definition) is 0. The van der Waals surface area contributed by atoms with Crippen LogP contribution in [0, 0.1) is 0 Å². The summed E-state index contributed by atoms with van der Waals surface area (Å²) in [6, 6.07) is 8.21. The van der Waals surface area contributed by atoms with Crippen molar-refractivity contribution in [3.8, 4) is 5.75 Å². The number of ether oxygens (including phenoxy) is 1. The van der Waals surface area contributed by atoms with Gasteiger partial charge in [0.15, 0.2) is 0 Å². The predicted octanol–water partition coefficient (Wildman–Crippen LogP) is 3.90. The number of benzene rings is 1. The van der Waals surface area contributed by atoms with Gasteiger partial charge in [-0.05, 0) is 30.0 Å². The standard InChI is InChI=1S/C13H18O/c1-5-9-14-12-8-6-7-11(10-12)13(2,3)4/h5-10H,1-4H3/b9-5+. The van der Waals surface area contributed by atoms with Gasteiger partial charge in [0.25, 0.3) is 0 Å². The molecule has 0 N–H and O–H groups in total. The molecule has 0 saturated heterocycles. The Labute approximate surface area is 86.4 Å². The molecular formula is C13H18O. The second-order valence-electron chi connectivity index (χ2n) is 4.37. The molecule has 1 heteroatoms. The van der Waals surface area contributed by atoms with Gasteiger partial charge in [0.2, 0.25) is 0 Å². The third kappa shape index (κ3) is 2.91. The number of allylic oxidation sites excluding steroid dienone is 1. The van der Waals surface area contributed by atoms with Crippen LogP contribution in [-0.2, 0) is 5.41 Å². The smallest absolute Gasteiger partial charge is 0.126 e. The van der Waals surface area contributed by atoms with Crippen molar-refractivity contribution in [2.45, 2.75) is 33.1 Å². The summed E-state index contributed by atoms with van der Waals surface area (Å²) in [5.74, 6) is 0.899. The first-order valence-corrected chi connectivity index (χ1v) is 4.92. The highest BCUT2D eigenvalue weighted by Crippen LogP contribution is 2.25. The molecule has 0 saturated carbocycles. The fourth-order valence-corrected chi connectivity index (χ4v) is 1.18. The van der Waals surface area contributed by atoms with Crippen molar-refractivity contribution in [3.05, 3.63) is 42.2 Å². The monoisotopic (exact) mass is 190 g/mol. The summed E-state index contributed by atoms with van der Waals surface area (Å²) in [7, 11) is 0. The van der Waals surface area contributed by atoms with E-state index in [4.69, 9.17) is 4.74 Å². The number of hydrogen-bond acceptors (Lipinski definition) is 1. The van der Waals surface area contributed by atoms with Crippen molar-refractivity contribution in [3.63, 3.8) is 0 Å². The molecule has 0 atom stereocenters. The van der Waals surface area contributed by atoms with E-state index < -0.39 is 0 Å². The molecule has 0 spiro atoms. The Morgan fingerprint density at radius 2 is 1.93 bits per heavy atom. The molecule has 0 aliphatic rings. The summed E-state index contributed by atoms with van der Waals surface area (Å²) in [5, 5.41) is 0. The fourth-order valence-electron chi connectivity index (χ4n) is 1.18. The molecule has 1 aromatic carbocycles. The molecule has 0 aromatic heterocycles. The van der Waals surface area contributed by atoms with Crippen LogP contribution in [-0.4, -0.2) is 0 Å². The SMILES string of the molecule is C/C=C/Oc1cccc(C(C)(C)C)c1. The number of rotatable bonds is 2. The largest absolute Gasteiger partial charge is 0.465 e. The second kappa shape index (κ2) is 4.32. The lowest BCUT2D eigenvalue weighted by molar-refractivity contribution is 0.476. The van der Waals surface area contributed by atoms with E-state index in [-0.39, 0.29) is 5.41 Å². The van der Waals surface area contributed by atoms with Gasteiger partial charge in [-0.25, -0.2) is 0 Å². The van der Waals surface area contributed by atoms with E-state index in [9.17, 15) is 0 Å². The van der Waals surface area contributed by atoms with Crippen molar-refractivity contribution in [1.29, 1.82) is 0 Å². The Bertz CT molecular complexity index is 318. The molecule has 1 rings (SSSR count). The molecule has 0 amide bonds. The minimum absolute atomic E-state index is 0.176. The molecule has 1 nitrogen and oxygen atoms in total. The third-order valence-electron chi connectivity index (χ3n) is 2.04. The van der Waals surface area contributed by atoms with Gasteiger partial charge in [-0.1, -0.05) is 39.0 Å². The van der Waals surface area contributed by atoms with Crippen LogP contribution in [0.25, 0.3) is 0 Å². The minimum atomic E-state index is 0.176. The predicted molar refractivity (Wildman–Crippen MR) is 60.6 cm³/mol. The zero-order valence-corrected chi connectivity index (χ0v) is 9.37. The van der Waals surface area contributed by atoms with E-state index in [1.54, 1.807) is 6.26 Å². The highest BCUT2D eigenvalue weighted by Gasteiger charge is 2.13. The lowest BCUT2D eigenvalue weighted by Crippen LogP contribution is -2.10. The Kier molecular flexibility index (Phi) is 3.34. The van der Waals surface area contributed by atoms with Crippen LogP contribution in [0.3, 0.4) is 0 Å². The van der Waals surface area contributed by atoms with Gasteiger partial charge in [-0.15, -0.1) is 0 Å². The van der Waals surface area contributed by atoms with Crippen LogP contribution in [0.4, 0.5) is 0 Å². The Hall–Kier alpha value is -1.24. The molecule has 0 aliphatic heterocycles. The zero-order chi connectivity index (χ0) is 10.6. The summed E-state index contributed by atoms with van der Waals surface area (Å²) in [6.07, 6.45) is 3.57. The topological polar surface area (TPSA) is 9.23 Å². The van der Waals surface area contributed by atoms with Gasteiger partial charge >= 0.3 is 0 Å². The van der Waals surface area contributed by atoms with Crippen molar-refractivity contribution in [2.24, 2.45) is 0 Å². The lowest BCUT2D eigenvalue weighted by atomic mass is 9.87. The van der Waals surface area contributed by atoms with Crippen molar-refractivity contribution in [2.75, 3.05) is 0 Å². The summed E-state index contributed by atoms with van der Waals surface area (Å²) in [5.41, 5.74) is 1.47. The average Bonchev–Trinajstić information content (AvgIpc) is 2.14. The Morgan fingerprint density at radius 3 is 2.50 bits per heavy atom. The molecule has 0 fully saturated rings. The lowest BCUT2D eigenvalue weighted by Gasteiger charge is -2.19. The van der Waals surface area contributed by atoms with Crippen LogP contribution in [0.5, 0.6) is 5.75 Å². The molecule has 76 valence electrons. The molecule has 14 heavy (non-hydrogen) atoms. The van der Waals surface area contributed by atoms with Crippen molar-refractivity contribution < 1.29 is 4.74 Å². The molecule has 0 unspecified atom stereocenters. The van der Waals surface area contributed by atoms with Crippen molar-refractivity contribution in [1.82, 2.24) is 0 Å². The Balaban J connectivity index is 2.90. The molecule has 0 aliphatic carbocycles. The summed E-state index contributed by atoms with van der Waals surface area (Å²) in [4.78, 5) is 0. The van der Waals surface area contributed by atoms with Gasteiger partial charge in [0, 0.05) is 0 Å².